The van der Waals surface area contributed by atoms with Crippen molar-refractivity contribution in [2.24, 2.45) is 5.73 Å². The molecule has 0 fully saturated rings. The van der Waals surface area contributed by atoms with E-state index in [0.717, 1.165) is 0 Å². The lowest BCUT2D eigenvalue weighted by molar-refractivity contribution is 0.0998. The molecule has 100 valence electrons. The van der Waals surface area contributed by atoms with Gasteiger partial charge in [-0.3, -0.25) is 4.79 Å². The Balaban J connectivity index is 2.44. The second-order valence-corrected chi connectivity index (χ2v) is 4.61. The van der Waals surface area contributed by atoms with E-state index in [-0.39, 0.29) is 27.1 Å². The highest BCUT2D eigenvalue weighted by atomic mass is 79.9. The Hall–Kier alpha value is -2.39. The summed E-state index contributed by atoms with van der Waals surface area (Å²) in [5.74, 6) is -1.35. The predicted molar refractivity (Wildman–Crippen MR) is 73.8 cm³/mol. The van der Waals surface area contributed by atoms with Crippen LogP contribution in [0.5, 0.6) is 11.5 Å². The van der Waals surface area contributed by atoms with Crippen LogP contribution in [-0.2, 0) is 0 Å². The van der Waals surface area contributed by atoms with Crippen LogP contribution in [0.25, 0.3) is 0 Å². The molecule has 2 N–H and O–H groups in total. The highest BCUT2D eigenvalue weighted by molar-refractivity contribution is 9.10. The summed E-state index contributed by atoms with van der Waals surface area (Å²) in [5, 5.41) is 8.79. The van der Waals surface area contributed by atoms with E-state index in [2.05, 4.69) is 15.9 Å². The minimum Gasteiger partial charge on any atom is -0.453 e. The third-order valence-corrected chi connectivity index (χ3v) is 3.32. The molecule has 0 bridgehead atoms. The van der Waals surface area contributed by atoms with Gasteiger partial charge in [0.1, 0.15) is 11.8 Å². The quantitative estimate of drug-likeness (QED) is 0.934. The van der Waals surface area contributed by atoms with Crippen LogP contribution in [0.4, 0.5) is 4.39 Å². The highest BCUT2D eigenvalue weighted by Crippen LogP contribution is 2.32. The lowest BCUT2D eigenvalue weighted by Gasteiger charge is -2.10. The van der Waals surface area contributed by atoms with Crippen molar-refractivity contribution in [1.82, 2.24) is 0 Å². The van der Waals surface area contributed by atoms with Crippen molar-refractivity contribution < 1.29 is 13.9 Å². The fourth-order valence-electron chi connectivity index (χ4n) is 1.57. The molecule has 6 heteroatoms. The lowest BCUT2D eigenvalue weighted by Crippen LogP contribution is -2.12. The summed E-state index contributed by atoms with van der Waals surface area (Å²) < 4.78 is 19.4. The molecule has 2 aromatic rings. The number of hydrogen-bond donors (Lipinski definition) is 1. The summed E-state index contributed by atoms with van der Waals surface area (Å²) in [6.45, 7) is 0. The van der Waals surface area contributed by atoms with Crippen molar-refractivity contribution in [1.29, 1.82) is 5.26 Å². The summed E-state index contributed by atoms with van der Waals surface area (Å²) in [4.78, 5) is 11.3. The van der Waals surface area contributed by atoms with Crippen LogP contribution in [0, 0.1) is 17.1 Å². The number of ether oxygens (including phenoxy) is 1. The molecular formula is C14H8BrFN2O2. The maximum Gasteiger partial charge on any atom is 0.252 e. The molecule has 1 amide bonds. The molecule has 2 rings (SSSR count). The lowest BCUT2D eigenvalue weighted by atomic mass is 10.2. The highest BCUT2D eigenvalue weighted by Gasteiger charge is 2.15. The van der Waals surface area contributed by atoms with E-state index in [1.165, 1.54) is 24.3 Å². The average molecular weight is 335 g/mol. The molecule has 0 atom stereocenters. The van der Waals surface area contributed by atoms with E-state index < -0.39 is 11.7 Å². The van der Waals surface area contributed by atoms with E-state index in [0.29, 0.717) is 0 Å². The van der Waals surface area contributed by atoms with Gasteiger partial charge < -0.3 is 10.5 Å². The Morgan fingerprint density at radius 1 is 1.25 bits per heavy atom. The summed E-state index contributed by atoms with van der Waals surface area (Å²) in [5.41, 5.74) is 5.51. The van der Waals surface area contributed by atoms with E-state index >= 15 is 0 Å². The van der Waals surface area contributed by atoms with E-state index in [9.17, 15) is 9.18 Å². The maximum atomic E-state index is 14.0. The number of primary amides is 1. The summed E-state index contributed by atoms with van der Waals surface area (Å²) in [7, 11) is 0. The van der Waals surface area contributed by atoms with Gasteiger partial charge in [-0.05, 0) is 40.2 Å². The first-order valence-electron chi connectivity index (χ1n) is 5.49. The molecule has 0 radical (unpaired) electrons. The van der Waals surface area contributed by atoms with Gasteiger partial charge in [0.2, 0.25) is 0 Å². The zero-order valence-electron chi connectivity index (χ0n) is 10.1. The van der Waals surface area contributed by atoms with Gasteiger partial charge >= 0.3 is 0 Å². The first-order chi connectivity index (χ1) is 9.54. The van der Waals surface area contributed by atoms with Gasteiger partial charge in [0, 0.05) is 0 Å². The van der Waals surface area contributed by atoms with Crippen LogP contribution >= 0.6 is 15.9 Å². The van der Waals surface area contributed by atoms with Crippen molar-refractivity contribution in [2.45, 2.75) is 0 Å². The molecule has 0 saturated heterocycles. The number of para-hydroxylation sites is 1. The molecule has 0 aromatic heterocycles. The molecule has 0 unspecified atom stereocenters. The molecular weight excluding hydrogens is 327 g/mol. The fourth-order valence-corrected chi connectivity index (χ4v) is 1.99. The number of hydrogen-bond acceptors (Lipinski definition) is 3. The van der Waals surface area contributed by atoms with Crippen LogP contribution in [0.15, 0.2) is 40.9 Å². The number of carbonyl (C=O) groups excluding carboxylic acids is 1. The number of nitriles is 1. The molecule has 4 nitrogen and oxygen atoms in total. The summed E-state index contributed by atoms with van der Waals surface area (Å²) in [6, 6.07) is 10.8. The van der Waals surface area contributed by atoms with Gasteiger partial charge in [0.25, 0.3) is 5.91 Å². The Morgan fingerprint density at radius 3 is 2.60 bits per heavy atom. The van der Waals surface area contributed by atoms with Gasteiger partial charge in [-0.25, -0.2) is 4.39 Å². The van der Waals surface area contributed by atoms with Gasteiger partial charge in [-0.2, -0.15) is 5.26 Å². The first kappa shape index (κ1) is 14.0. The number of halogens is 2. The minimum atomic E-state index is -0.719. The van der Waals surface area contributed by atoms with Gasteiger partial charge in [-0.15, -0.1) is 0 Å². The average Bonchev–Trinajstić information content (AvgIpc) is 2.44. The normalized spacial score (nSPS) is 9.85. The van der Waals surface area contributed by atoms with Gasteiger partial charge in [0.05, 0.1) is 15.6 Å². The number of amides is 1. The van der Waals surface area contributed by atoms with E-state index in [1.54, 1.807) is 12.1 Å². The van der Waals surface area contributed by atoms with E-state index in [4.69, 9.17) is 15.7 Å². The molecule has 2 aromatic carbocycles. The van der Waals surface area contributed by atoms with Crippen LogP contribution in [0.2, 0.25) is 0 Å². The topological polar surface area (TPSA) is 76.1 Å². The Bertz CT molecular complexity index is 726. The largest absolute Gasteiger partial charge is 0.453 e. The monoisotopic (exact) mass is 334 g/mol. The third-order valence-electron chi connectivity index (χ3n) is 2.54. The Morgan fingerprint density at radius 2 is 1.95 bits per heavy atom. The second-order valence-electron chi connectivity index (χ2n) is 3.81. The van der Waals surface area contributed by atoms with Crippen molar-refractivity contribution in [2.75, 3.05) is 0 Å². The molecule has 0 spiro atoms. The number of benzene rings is 2. The Labute approximate surface area is 122 Å². The molecule has 0 heterocycles. The smallest absolute Gasteiger partial charge is 0.252 e. The molecule has 0 aliphatic heterocycles. The van der Waals surface area contributed by atoms with Crippen molar-refractivity contribution in [3.8, 4) is 17.6 Å². The second kappa shape index (κ2) is 5.72. The van der Waals surface area contributed by atoms with Crippen LogP contribution in [-0.4, -0.2) is 5.91 Å². The number of rotatable bonds is 3. The Kier molecular flexibility index (Phi) is 4.01. The van der Waals surface area contributed by atoms with Crippen molar-refractivity contribution >= 4 is 21.8 Å². The zero-order valence-corrected chi connectivity index (χ0v) is 11.6. The van der Waals surface area contributed by atoms with E-state index in [1.807, 2.05) is 6.07 Å². The van der Waals surface area contributed by atoms with Gasteiger partial charge in [0.15, 0.2) is 11.6 Å². The zero-order chi connectivity index (χ0) is 14.7. The van der Waals surface area contributed by atoms with Gasteiger partial charge in [-0.1, -0.05) is 12.1 Å². The molecule has 20 heavy (non-hydrogen) atoms. The first-order valence-corrected chi connectivity index (χ1v) is 6.28. The van der Waals surface area contributed by atoms with Crippen molar-refractivity contribution in [3.05, 3.63) is 57.8 Å². The number of carbonyl (C=O) groups is 1. The fraction of sp³-hybridized carbons (Fsp3) is 0. The summed E-state index contributed by atoms with van der Waals surface area (Å²) >= 11 is 2.98. The maximum absolute atomic E-state index is 14.0. The molecule has 0 aliphatic rings. The van der Waals surface area contributed by atoms with Crippen LogP contribution in [0.3, 0.4) is 0 Å². The van der Waals surface area contributed by atoms with Crippen molar-refractivity contribution in [3.63, 3.8) is 0 Å². The van der Waals surface area contributed by atoms with Crippen LogP contribution in [0.1, 0.15) is 15.9 Å². The standard InChI is InChI=1S/C14H8BrFN2O2/c15-12-8(7-17)5-6-11(13(12)16)20-10-4-2-1-3-9(10)14(18)19/h1-6H,(H2,18,19). The SMILES string of the molecule is N#Cc1ccc(Oc2ccccc2C(N)=O)c(F)c1Br. The molecule has 0 saturated carbocycles. The van der Waals surface area contributed by atoms with Crippen LogP contribution < -0.4 is 10.5 Å². The third kappa shape index (κ3) is 2.63. The summed E-state index contributed by atoms with van der Waals surface area (Å²) in [6.07, 6.45) is 0. The predicted octanol–water partition coefficient (Wildman–Crippen LogP) is 3.35. The number of nitrogens with zero attached hydrogens (tertiary/aromatic N) is 1. The number of nitrogens with two attached hydrogens (primary N) is 1. The minimum absolute atomic E-state index is 0.00839. The molecule has 0 aliphatic carbocycles.